The van der Waals surface area contributed by atoms with E-state index in [-0.39, 0.29) is 23.4 Å². The summed E-state index contributed by atoms with van der Waals surface area (Å²) in [5, 5.41) is 3.46. The van der Waals surface area contributed by atoms with E-state index in [1.807, 2.05) is 46.8 Å². The third-order valence-electron chi connectivity index (χ3n) is 6.61. The highest BCUT2D eigenvalue weighted by molar-refractivity contribution is 7.92. The predicted molar refractivity (Wildman–Crippen MR) is 161 cm³/mol. The average molecular weight is 584 g/mol. The first-order valence-corrected chi connectivity index (χ1v) is 15.3. The molecule has 0 aliphatic rings. The van der Waals surface area contributed by atoms with Gasteiger partial charge in [0, 0.05) is 17.6 Å². The fourth-order valence-corrected chi connectivity index (χ4v) is 6.07. The van der Waals surface area contributed by atoms with Crippen LogP contribution in [-0.4, -0.2) is 43.8 Å². The second-order valence-electron chi connectivity index (χ2n) is 10.0. The maximum absolute atomic E-state index is 14.1. The zero-order chi connectivity index (χ0) is 29.4. The molecule has 0 radical (unpaired) electrons. The zero-order valence-corrected chi connectivity index (χ0v) is 25.3. The lowest BCUT2D eigenvalue weighted by Crippen LogP contribution is -2.53. The molecule has 7 nitrogen and oxygen atoms in total. The lowest BCUT2D eigenvalue weighted by Gasteiger charge is -2.34. The van der Waals surface area contributed by atoms with Gasteiger partial charge in [0.15, 0.2) is 0 Å². The van der Waals surface area contributed by atoms with Crippen LogP contribution < -0.4 is 9.62 Å². The summed E-state index contributed by atoms with van der Waals surface area (Å²) in [6.07, 6.45) is 0.932. The molecular weight excluding hydrogens is 546 g/mol. The molecule has 0 aromatic heterocycles. The number of carbonyl (C=O) groups excluding carboxylic acids is 2. The first kappa shape index (κ1) is 31.2. The van der Waals surface area contributed by atoms with Crippen LogP contribution in [0.2, 0.25) is 5.02 Å². The minimum atomic E-state index is -4.11. The molecule has 0 aliphatic carbocycles. The quantitative estimate of drug-likeness (QED) is 0.295. The minimum Gasteiger partial charge on any atom is -0.352 e. The van der Waals surface area contributed by atoms with E-state index in [0.29, 0.717) is 23.6 Å². The van der Waals surface area contributed by atoms with Crippen molar-refractivity contribution in [3.8, 4) is 0 Å². The topological polar surface area (TPSA) is 86.8 Å². The number of para-hydroxylation sites is 1. The highest BCUT2D eigenvalue weighted by atomic mass is 35.5. The molecule has 0 bridgehead atoms. The first-order chi connectivity index (χ1) is 19.0. The Labute approximate surface area is 243 Å². The Hall–Kier alpha value is -3.36. The number of benzene rings is 3. The summed E-state index contributed by atoms with van der Waals surface area (Å²) in [5.74, 6) is -0.774. The van der Waals surface area contributed by atoms with Gasteiger partial charge in [-0.05, 0) is 75.1 Å². The fraction of sp³-hybridized carbons (Fsp3) is 0.355. The number of amides is 2. The Balaban J connectivity index is 2.09. The van der Waals surface area contributed by atoms with Gasteiger partial charge in [-0.3, -0.25) is 13.9 Å². The van der Waals surface area contributed by atoms with Crippen LogP contribution in [0, 0.1) is 6.92 Å². The molecular formula is C31H38ClN3O4S. The average Bonchev–Trinajstić information content (AvgIpc) is 2.92. The van der Waals surface area contributed by atoms with Crippen LogP contribution in [0.15, 0.2) is 77.7 Å². The summed E-state index contributed by atoms with van der Waals surface area (Å²) in [7, 11) is -4.11. The van der Waals surface area contributed by atoms with Gasteiger partial charge >= 0.3 is 0 Å². The summed E-state index contributed by atoms with van der Waals surface area (Å²) in [4.78, 5) is 28.9. The summed E-state index contributed by atoms with van der Waals surface area (Å²) >= 11 is 6.07. The third-order valence-corrected chi connectivity index (χ3v) is 8.64. The number of hydrogen-bond acceptors (Lipinski definition) is 4. The number of carbonyl (C=O) groups is 2. The van der Waals surface area contributed by atoms with Crippen LogP contribution >= 0.6 is 11.6 Å². The summed E-state index contributed by atoms with van der Waals surface area (Å²) in [6.45, 7) is 9.01. The van der Waals surface area contributed by atoms with Crippen LogP contribution in [-0.2, 0) is 32.6 Å². The van der Waals surface area contributed by atoms with Crippen molar-refractivity contribution in [3.05, 3.63) is 94.5 Å². The van der Waals surface area contributed by atoms with Crippen molar-refractivity contribution in [2.75, 3.05) is 10.8 Å². The molecule has 0 aliphatic heterocycles. The number of hydrogen-bond donors (Lipinski definition) is 1. The van der Waals surface area contributed by atoms with Crippen LogP contribution in [0.5, 0.6) is 0 Å². The van der Waals surface area contributed by atoms with Gasteiger partial charge in [-0.25, -0.2) is 8.42 Å². The van der Waals surface area contributed by atoms with Crippen LogP contribution in [0.3, 0.4) is 0 Å². The summed E-state index contributed by atoms with van der Waals surface area (Å²) < 4.78 is 29.3. The Kier molecular flexibility index (Phi) is 10.8. The molecule has 3 aromatic carbocycles. The van der Waals surface area contributed by atoms with E-state index in [1.165, 1.54) is 9.21 Å². The largest absolute Gasteiger partial charge is 0.352 e. The molecule has 0 spiro atoms. The van der Waals surface area contributed by atoms with E-state index in [1.54, 1.807) is 60.7 Å². The van der Waals surface area contributed by atoms with Gasteiger partial charge in [-0.2, -0.15) is 0 Å². The Morgan fingerprint density at radius 3 is 2.12 bits per heavy atom. The second kappa shape index (κ2) is 13.8. The van der Waals surface area contributed by atoms with Crippen molar-refractivity contribution in [2.24, 2.45) is 0 Å². The van der Waals surface area contributed by atoms with E-state index < -0.39 is 28.5 Å². The first-order valence-electron chi connectivity index (χ1n) is 13.5. The van der Waals surface area contributed by atoms with Gasteiger partial charge in [0.1, 0.15) is 12.6 Å². The molecule has 1 atom stereocenters. The molecule has 3 aromatic rings. The predicted octanol–water partition coefficient (Wildman–Crippen LogP) is 5.74. The van der Waals surface area contributed by atoms with Crippen molar-refractivity contribution in [1.29, 1.82) is 0 Å². The molecule has 9 heteroatoms. The van der Waals surface area contributed by atoms with E-state index in [9.17, 15) is 18.0 Å². The molecule has 3 rings (SSSR count). The Morgan fingerprint density at radius 1 is 0.925 bits per heavy atom. The van der Waals surface area contributed by atoms with Gasteiger partial charge in [0.05, 0.1) is 10.6 Å². The lowest BCUT2D eigenvalue weighted by molar-refractivity contribution is -0.140. The SMILES string of the molecule is CCc1ccccc1N(CC(=O)N(Cc1ccc(Cl)cc1)[C@H](CC)C(=O)NC(C)C)S(=O)(=O)c1ccc(C)cc1. The van der Waals surface area contributed by atoms with Crippen molar-refractivity contribution in [3.63, 3.8) is 0 Å². The van der Waals surface area contributed by atoms with Gasteiger partial charge < -0.3 is 10.2 Å². The number of sulfonamides is 1. The lowest BCUT2D eigenvalue weighted by atomic mass is 10.1. The van der Waals surface area contributed by atoms with Crippen molar-refractivity contribution in [1.82, 2.24) is 10.2 Å². The number of rotatable bonds is 12. The zero-order valence-electron chi connectivity index (χ0n) is 23.7. The Bertz CT molecular complexity index is 1410. The third kappa shape index (κ3) is 7.64. The summed E-state index contributed by atoms with van der Waals surface area (Å²) in [6, 6.07) is 19.8. The normalized spacial score (nSPS) is 12.2. The van der Waals surface area contributed by atoms with Crippen LogP contribution in [0.1, 0.15) is 50.8 Å². The van der Waals surface area contributed by atoms with Gasteiger partial charge in [-0.15, -0.1) is 0 Å². The number of halogens is 1. The standard InChI is InChI=1S/C31H38ClN3O4S/c1-6-25-10-8-9-11-29(25)35(40(38,39)27-18-12-23(5)13-19-27)21-30(36)34(20-24-14-16-26(32)17-15-24)28(7-2)31(37)33-22(3)4/h8-19,22,28H,6-7,20-21H2,1-5H3,(H,33,37)/t28-/m1/s1. The molecule has 0 saturated heterocycles. The molecule has 1 N–H and O–H groups in total. The summed E-state index contributed by atoms with van der Waals surface area (Å²) in [5.41, 5.74) is 2.92. The molecule has 0 heterocycles. The van der Waals surface area contributed by atoms with Crippen LogP contribution in [0.4, 0.5) is 5.69 Å². The maximum Gasteiger partial charge on any atom is 0.264 e. The Morgan fingerprint density at radius 2 is 1.55 bits per heavy atom. The maximum atomic E-state index is 14.1. The smallest absolute Gasteiger partial charge is 0.264 e. The molecule has 214 valence electrons. The highest BCUT2D eigenvalue weighted by Gasteiger charge is 2.34. The van der Waals surface area contributed by atoms with Crippen molar-refractivity contribution in [2.45, 2.75) is 71.0 Å². The monoisotopic (exact) mass is 583 g/mol. The number of aryl methyl sites for hydroxylation is 2. The van der Waals surface area contributed by atoms with Gasteiger partial charge in [0.2, 0.25) is 11.8 Å². The van der Waals surface area contributed by atoms with E-state index in [0.717, 1.165) is 16.7 Å². The van der Waals surface area contributed by atoms with Crippen molar-refractivity contribution >= 4 is 39.1 Å². The van der Waals surface area contributed by atoms with E-state index >= 15 is 0 Å². The molecule has 0 saturated carbocycles. The van der Waals surface area contributed by atoms with Gasteiger partial charge in [0.25, 0.3) is 10.0 Å². The van der Waals surface area contributed by atoms with E-state index in [2.05, 4.69) is 5.32 Å². The number of nitrogens with one attached hydrogen (secondary N) is 1. The second-order valence-corrected chi connectivity index (χ2v) is 12.3. The minimum absolute atomic E-state index is 0.0886. The van der Waals surface area contributed by atoms with E-state index in [4.69, 9.17) is 11.6 Å². The van der Waals surface area contributed by atoms with Crippen molar-refractivity contribution < 1.29 is 18.0 Å². The molecule has 2 amide bonds. The number of anilines is 1. The highest BCUT2D eigenvalue weighted by Crippen LogP contribution is 2.28. The molecule has 0 unspecified atom stereocenters. The molecule has 0 fully saturated rings. The van der Waals surface area contributed by atoms with Gasteiger partial charge in [-0.1, -0.05) is 73.5 Å². The fourth-order valence-electron chi connectivity index (χ4n) is 4.49. The number of nitrogens with zero attached hydrogens (tertiary/aromatic N) is 2. The van der Waals surface area contributed by atoms with Crippen LogP contribution in [0.25, 0.3) is 0 Å². The molecule has 40 heavy (non-hydrogen) atoms.